The van der Waals surface area contributed by atoms with Crippen molar-refractivity contribution >= 4 is 23.2 Å². The molecule has 0 aliphatic carbocycles. The highest BCUT2D eigenvalue weighted by atomic mass is 32.1. The van der Waals surface area contributed by atoms with Crippen LogP contribution in [-0.2, 0) is 22.6 Å². The maximum atomic E-state index is 12.3. The summed E-state index contributed by atoms with van der Waals surface area (Å²) in [6.45, 7) is 4.37. The topological polar surface area (TPSA) is 71.3 Å². The van der Waals surface area contributed by atoms with Crippen LogP contribution in [0.25, 0.3) is 0 Å². The summed E-state index contributed by atoms with van der Waals surface area (Å²) in [6, 6.07) is 6.87. The van der Waals surface area contributed by atoms with Crippen molar-refractivity contribution in [2.24, 2.45) is 5.92 Å². The summed E-state index contributed by atoms with van der Waals surface area (Å²) in [5.41, 5.74) is 0. The highest BCUT2D eigenvalue weighted by Gasteiger charge is 2.22. The summed E-state index contributed by atoms with van der Waals surface area (Å²) in [4.78, 5) is 25.5. The first kappa shape index (κ1) is 17.3. The molecule has 124 valence electrons. The molecule has 2 N–H and O–H groups in total. The Labute approximate surface area is 140 Å². The average Bonchev–Trinajstić information content (AvgIpc) is 3.16. The molecule has 0 bridgehead atoms. The second kappa shape index (κ2) is 8.53. The van der Waals surface area contributed by atoms with Crippen LogP contribution in [0.2, 0.25) is 0 Å². The highest BCUT2D eigenvalue weighted by molar-refractivity contribution is 7.10. The van der Waals surface area contributed by atoms with Gasteiger partial charge in [-0.3, -0.25) is 9.59 Å². The molecule has 0 radical (unpaired) electrons. The minimum atomic E-state index is -0.530. The number of carbonyl (C=O) groups excluding carboxylic acids is 2. The number of amides is 2. The number of nitrogens with one attached hydrogen (secondary N) is 2. The third-order valence-corrected chi connectivity index (χ3v) is 4.17. The van der Waals surface area contributed by atoms with Gasteiger partial charge in [0.1, 0.15) is 11.8 Å². The van der Waals surface area contributed by atoms with Crippen molar-refractivity contribution in [3.63, 3.8) is 0 Å². The summed E-state index contributed by atoms with van der Waals surface area (Å²) >= 11 is 1.54. The lowest BCUT2D eigenvalue weighted by Crippen LogP contribution is -2.47. The van der Waals surface area contributed by atoms with E-state index in [-0.39, 0.29) is 11.8 Å². The van der Waals surface area contributed by atoms with E-state index in [0.29, 0.717) is 31.1 Å². The SMILES string of the molecule is CC(C)C[C@@H](NC(=O)Cc1cccs1)C(=O)NCc1ccco1. The molecule has 0 saturated carbocycles. The van der Waals surface area contributed by atoms with E-state index in [4.69, 9.17) is 4.42 Å². The van der Waals surface area contributed by atoms with Gasteiger partial charge in [-0.2, -0.15) is 0 Å². The van der Waals surface area contributed by atoms with Crippen LogP contribution >= 0.6 is 11.3 Å². The van der Waals surface area contributed by atoms with Crippen LogP contribution in [0, 0.1) is 5.92 Å². The van der Waals surface area contributed by atoms with Gasteiger partial charge in [-0.15, -0.1) is 11.3 Å². The fourth-order valence-electron chi connectivity index (χ4n) is 2.23. The van der Waals surface area contributed by atoms with Crippen molar-refractivity contribution in [3.05, 3.63) is 46.5 Å². The average molecular weight is 334 g/mol. The van der Waals surface area contributed by atoms with Gasteiger partial charge in [-0.1, -0.05) is 19.9 Å². The molecule has 2 amide bonds. The van der Waals surface area contributed by atoms with Crippen LogP contribution in [-0.4, -0.2) is 17.9 Å². The van der Waals surface area contributed by atoms with Crippen molar-refractivity contribution in [3.8, 4) is 0 Å². The first-order valence-electron chi connectivity index (χ1n) is 7.66. The van der Waals surface area contributed by atoms with Crippen molar-refractivity contribution in [1.82, 2.24) is 10.6 Å². The van der Waals surface area contributed by atoms with Crippen molar-refractivity contribution < 1.29 is 14.0 Å². The van der Waals surface area contributed by atoms with E-state index < -0.39 is 6.04 Å². The third kappa shape index (κ3) is 5.90. The molecule has 0 aliphatic rings. The summed E-state index contributed by atoms with van der Waals surface area (Å²) in [7, 11) is 0. The Morgan fingerprint density at radius 1 is 1.26 bits per heavy atom. The van der Waals surface area contributed by atoms with E-state index in [1.54, 1.807) is 18.4 Å². The normalized spacial score (nSPS) is 12.1. The maximum absolute atomic E-state index is 12.3. The highest BCUT2D eigenvalue weighted by Crippen LogP contribution is 2.10. The number of hydrogen-bond acceptors (Lipinski definition) is 4. The fraction of sp³-hybridized carbons (Fsp3) is 0.412. The molecule has 5 nitrogen and oxygen atoms in total. The van der Waals surface area contributed by atoms with Gasteiger partial charge in [0.15, 0.2) is 0 Å². The van der Waals surface area contributed by atoms with Gasteiger partial charge in [0.25, 0.3) is 0 Å². The molecule has 2 rings (SSSR count). The molecule has 0 fully saturated rings. The van der Waals surface area contributed by atoms with Gasteiger partial charge < -0.3 is 15.1 Å². The smallest absolute Gasteiger partial charge is 0.242 e. The van der Waals surface area contributed by atoms with Gasteiger partial charge in [-0.05, 0) is 35.9 Å². The quantitative estimate of drug-likeness (QED) is 0.780. The molecule has 0 aromatic carbocycles. The van der Waals surface area contributed by atoms with E-state index in [1.807, 2.05) is 31.4 Å². The van der Waals surface area contributed by atoms with E-state index in [1.165, 1.54) is 11.3 Å². The second-order valence-electron chi connectivity index (χ2n) is 5.80. The lowest BCUT2D eigenvalue weighted by molar-refractivity contribution is -0.129. The first-order valence-corrected chi connectivity index (χ1v) is 8.54. The number of hydrogen-bond donors (Lipinski definition) is 2. The second-order valence-corrected chi connectivity index (χ2v) is 6.84. The van der Waals surface area contributed by atoms with Crippen LogP contribution in [0.15, 0.2) is 40.3 Å². The summed E-state index contributed by atoms with van der Waals surface area (Å²) in [5.74, 6) is 0.670. The number of furan rings is 1. The van der Waals surface area contributed by atoms with E-state index in [0.717, 1.165) is 4.88 Å². The predicted molar refractivity (Wildman–Crippen MR) is 90.0 cm³/mol. The minimum absolute atomic E-state index is 0.133. The molecule has 2 heterocycles. The molecule has 0 unspecified atom stereocenters. The van der Waals surface area contributed by atoms with E-state index >= 15 is 0 Å². The Balaban J connectivity index is 1.89. The number of carbonyl (C=O) groups is 2. The van der Waals surface area contributed by atoms with Gasteiger partial charge in [0.2, 0.25) is 11.8 Å². The number of thiophene rings is 1. The molecule has 1 atom stereocenters. The molecular formula is C17H22N2O3S. The van der Waals surface area contributed by atoms with Crippen molar-refractivity contribution in [2.45, 2.75) is 39.3 Å². The summed E-state index contributed by atoms with van der Waals surface area (Å²) in [5, 5.41) is 7.59. The summed E-state index contributed by atoms with van der Waals surface area (Å²) < 4.78 is 5.20. The zero-order valence-corrected chi connectivity index (χ0v) is 14.2. The molecule has 23 heavy (non-hydrogen) atoms. The lowest BCUT2D eigenvalue weighted by atomic mass is 10.0. The van der Waals surface area contributed by atoms with Crippen LogP contribution in [0.5, 0.6) is 0 Å². The van der Waals surface area contributed by atoms with Gasteiger partial charge in [0.05, 0.1) is 19.2 Å². The van der Waals surface area contributed by atoms with Crippen molar-refractivity contribution in [1.29, 1.82) is 0 Å². The van der Waals surface area contributed by atoms with Crippen LogP contribution in [0.3, 0.4) is 0 Å². The Hall–Kier alpha value is -2.08. The standard InChI is InChI=1S/C17H22N2O3S/c1-12(2)9-15(17(21)18-11-13-5-3-7-22-13)19-16(20)10-14-6-4-8-23-14/h3-8,12,15H,9-11H2,1-2H3,(H,18,21)(H,19,20)/t15-/m1/s1. The molecule has 0 saturated heterocycles. The summed E-state index contributed by atoms with van der Waals surface area (Å²) in [6.07, 6.45) is 2.47. The van der Waals surface area contributed by atoms with Gasteiger partial charge in [0, 0.05) is 4.88 Å². The van der Waals surface area contributed by atoms with Crippen LogP contribution in [0.1, 0.15) is 30.9 Å². The van der Waals surface area contributed by atoms with E-state index in [2.05, 4.69) is 10.6 Å². The molecule has 6 heteroatoms. The van der Waals surface area contributed by atoms with Gasteiger partial charge in [-0.25, -0.2) is 0 Å². The predicted octanol–water partition coefficient (Wildman–Crippen LogP) is 2.73. The molecule has 0 aliphatic heterocycles. The molecule has 2 aromatic rings. The number of rotatable bonds is 8. The Morgan fingerprint density at radius 3 is 2.70 bits per heavy atom. The molecule has 2 aromatic heterocycles. The Morgan fingerprint density at radius 2 is 2.09 bits per heavy atom. The van der Waals surface area contributed by atoms with Gasteiger partial charge >= 0.3 is 0 Å². The lowest BCUT2D eigenvalue weighted by Gasteiger charge is -2.20. The zero-order chi connectivity index (χ0) is 16.7. The van der Waals surface area contributed by atoms with Crippen LogP contribution < -0.4 is 10.6 Å². The van der Waals surface area contributed by atoms with Crippen molar-refractivity contribution in [2.75, 3.05) is 0 Å². The zero-order valence-electron chi connectivity index (χ0n) is 13.4. The Kier molecular flexibility index (Phi) is 6.40. The molecule has 0 spiro atoms. The third-order valence-electron chi connectivity index (χ3n) is 3.29. The minimum Gasteiger partial charge on any atom is -0.467 e. The molecular weight excluding hydrogens is 312 g/mol. The monoisotopic (exact) mass is 334 g/mol. The largest absolute Gasteiger partial charge is 0.467 e. The fourth-order valence-corrected chi connectivity index (χ4v) is 2.93. The maximum Gasteiger partial charge on any atom is 0.242 e. The first-order chi connectivity index (χ1) is 11.0. The van der Waals surface area contributed by atoms with Crippen LogP contribution in [0.4, 0.5) is 0 Å². The van der Waals surface area contributed by atoms with E-state index in [9.17, 15) is 9.59 Å². The Bertz CT molecular complexity index is 606.